The third-order valence-corrected chi connectivity index (χ3v) is 3.48. The number of aromatic nitrogens is 1. The number of esters is 3. The standard InChI is InChI=1S/C15H15NO7/c1-16-9(14(19)22-3)6-7-5-8(13(18)21-2)10(15(20)23-4)12(17)11(7)16/h5-6,17H,1-4H3. The number of ether oxygens (including phenoxy) is 3. The number of carbonyl (C=O) groups excluding carboxylic acids is 3. The van der Waals surface area contributed by atoms with Crippen molar-refractivity contribution in [2.45, 2.75) is 0 Å². The van der Waals surface area contributed by atoms with E-state index < -0.39 is 23.7 Å². The highest BCUT2D eigenvalue weighted by Crippen LogP contribution is 2.34. The molecule has 0 aliphatic heterocycles. The van der Waals surface area contributed by atoms with Crippen molar-refractivity contribution < 1.29 is 33.7 Å². The molecule has 0 bridgehead atoms. The van der Waals surface area contributed by atoms with Gasteiger partial charge < -0.3 is 23.9 Å². The van der Waals surface area contributed by atoms with Crippen molar-refractivity contribution in [3.63, 3.8) is 0 Å². The fraction of sp³-hybridized carbons (Fsp3) is 0.267. The lowest BCUT2D eigenvalue weighted by Gasteiger charge is -2.11. The number of hydrogen-bond acceptors (Lipinski definition) is 7. The van der Waals surface area contributed by atoms with Crippen molar-refractivity contribution >= 4 is 28.8 Å². The van der Waals surface area contributed by atoms with Gasteiger partial charge in [-0.25, -0.2) is 14.4 Å². The quantitative estimate of drug-likeness (QED) is 0.670. The van der Waals surface area contributed by atoms with Gasteiger partial charge in [0.1, 0.15) is 11.3 Å². The molecule has 0 saturated carbocycles. The van der Waals surface area contributed by atoms with Gasteiger partial charge in [-0.1, -0.05) is 0 Å². The molecule has 0 spiro atoms. The van der Waals surface area contributed by atoms with Crippen LogP contribution >= 0.6 is 0 Å². The van der Waals surface area contributed by atoms with Crippen molar-refractivity contribution in [1.82, 2.24) is 4.57 Å². The van der Waals surface area contributed by atoms with Crippen molar-refractivity contribution in [3.8, 4) is 5.75 Å². The molecule has 0 saturated heterocycles. The van der Waals surface area contributed by atoms with Crippen LogP contribution in [0.1, 0.15) is 31.2 Å². The number of aryl methyl sites for hydroxylation is 1. The van der Waals surface area contributed by atoms with Gasteiger partial charge in [-0.05, 0) is 12.1 Å². The zero-order valence-electron chi connectivity index (χ0n) is 13.0. The van der Waals surface area contributed by atoms with Gasteiger partial charge in [0.15, 0.2) is 5.75 Å². The molecule has 0 unspecified atom stereocenters. The summed E-state index contributed by atoms with van der Waals surface area (Å²) in [6.45, 7) is 0. The smallest absolute Gasteiger partial charge is 0.354 e. The first-order valence-electron chi connectivity index (χ1n) is 6.47. The van der Waals surface area contributed by atoms with Gasteiger partial charge >= 0.3 is 17.9 Å². The van der Waals surface area contributed by atoms with Crippen LogP contribution in [-0.4, -0.2) is 48.9 Å². The van der Waals surface area contributed by atoms with Crippen molar-refractivity contribution in [3.05, 3.63) is 29.0 Å². The van der Waals surface area contributed by atoms with Crippen LogP contribution in [-0.2, 0) is 21.3 Å². The number of phenols is 1. The number of phenolic OH excluding ortho intramolecular Hbond substituents is 1. The SMILES string of the molecule is COC(=O)c1cc2cc(C(=O)OC)n(C)c2c(O)c1C(=O)OC. The van der Waals surface area contributed by atoms with Gasteiger partial charge in [-0.2, -0.15) is 0 Å². The van der Waals surface area contributed by atoms with Crippen LogP contribution in [0, 0.1) is 0 Å². The Morgan fingerprint density at radius 2 is 1.52 bits per heavy atom. The summed E-state index contributed by atoms with van der Waals surface area (Å²) in [7, 11) is 5.01. The Kier molecular flexibility index (Phi) is 4.26. The number of aromatic hydroxyl groups is 1. The van der Waals surface area contributed by atoms with E-state index in [1.54, 1.807) is 0 Å². The lowest BCUT2D eigenvalue weighted by Crippen LogP contribution is -2.13. The molecule has 0 aliphatic rings. The minimum Gasteiger partial charge on any atom is -0.505 e. The first-order valence-corrected chi connectivity index (χ1v) is 6.47. The lowest BCUT2D eigenvalue weighted by atomic mass is 10.0. The van der Waals surface area contributed by atoms with Crippen LogP contribution in [0.4, 0.5) is 0 Å². The Morgan fingerprint density at radius 1 is 0.957 bits per heavy atom. The van der Waals surface area contributed by atoms with Gasteiger partial charge in [0.25, 0.3) is 0 Å². The van der Waals surface area contributed by atoms with Crippen molar-refractivity contribution in [2.24, 2.45) is 7.05 Å². The molecular weight excluding hydrogens is 306 g/mol. The molecule has 23 heavy (non-hydrogen) atoms. The topological polar surface area (TPSA) is 104 Å². The number of nitrogens with zero attached hydrogens (tertiary/aromatic N) is 1. The van der Waals surface area contributed by atoms with Crippen LogP contribution in [0.2, 0.25) is 0 Å². The van der Waals surface area contributed by atoms with Crippen LogP contribution < -0.4 is 0 Å². The Bertz CT molecular complexity index is 819. The van der Waals surface area contributed by atoms with E-state index in [-0.39, 0.29) is 22.3 Å². The van der Waals surface area contributed by atoms with Gasteiger partial charge in [0.05, 0.1) is 32.4 Å². The van der Waals surface area contributed by atoms with Gasteiger partial charge in [-0.15, -0.1) is 0 Å². The van der Waals surface area contributed by atoms with Crippen LogP contribution in [0.25, 0.3) is 10.9 Å². The van der Waals surface area contributed by atoms with E-state index in [4.69, 9.17) is 0 Å². The molecule has 1 aromatic heterocycles. The summed E-state index contributed by atoms with van der Waals surface area (Å²) in [5, 5.41) is 10.8. The van der Waals surface area contributed by atoms with Crippen LogP contribution in [0.5, 0.6) is 5.75 Å². The number of fused-ring (bicyclic) bond motifs is 1. The minimum atomic E-state index is -0.898. The molecule has 0 amide bonds. The molecule has 2 aromatic rings. The Labute approximate surface area is 131 Å². The van der Waals surface area contributed by atoms with E-state index in [9.17, 15) is 19.5 Å². The summed E-state index contributed by atoms with van der Waals surface area (Å²) < 4.78 is 15.3. The summed E-state index contributed by atoms with van der Waals surface area (Å²) in [6.07, 6.45) is 0. The van der Waals surface area contributed by atoms with Crippen molar-refractivity contribution in [2.75, 3.05) is 21.3 Å². The second kappa shape index (κ2) is 5.99. The molecular formula is C15H15NO7. The number of benzene rings is 1. The Morgan fingerprint density at radius 3 is 2.04 bits per heavy atom. The summed E-state index contributed by atoms with van der Waals surface area (Å²) in [5.74, 6) is -2.81. The fourth-order valence-electron chi connectivity index (χ4n) is 2.39. The molecule has 0 aliphatic carbocycles. The number of hydrogen-bond donors (Lipinski definition) is 1. The summed E-state index contributed by atoms with van der Waals surface area (Å²) in [6, 6.07) is 2.79. The fourth-order valence-corrected chi connectivity index (χ4v) is 2.39. The highest BCUT2D eigenvalue weighted by molar-refractivity contribution is 6.11. The van der Waals surface area contributed by atoms with Crippen molar-refractivity contribution in [1.29, 1.82) is 0 Å². The van der Waals surface area contributed by atoms with Gasteiger partial charge in [0.2, 0.25) is 0 Å². The van der Waals surface area contributed by atoms with Gasteiger partial charge in [0, 0.05) is 12.4 Å². The Balaban J connectivity index is 2.89. The summed E-state index contributed by atoms with van der Waals surface area (Å²) >= 11 is 0. The van der Waals surface area contributed by atoms with Crippen LogP contribution in [0.15, 0.2) is 12.1 Å². The molecule has 0 radical (unpaired) electrons. The first kappa shape index (κ1) is 16.3. The average molecular weight is 321 g/mol. The number of carbonyl (C=O) groups is 3. The zero-order valence-corrected chi connectivity index (χ0v) is 13.0. The molecule has 1 heterocycles. The maximum absolute atomic E-state index is 11.9. The van der Waals surface area contributed by atoms with E-state index >= 15 is 0 Å². The monoisotopic (exact) mass is 321 g/mol. The predicted octanol–water partition coefficient (Wildman–Crippen LogP) is 1.24. The third-order valence-electron chi connectivity index (χ3n) is 3.48. The molecule has 0 atom stereocenters. The Hall–Kier alpha value is -3.03. The maximum Gasteiger partial charge on any atom is 0.354 e. The third kappa shape index (κ3) is 2.48. The largest absolute Gasteiger partial charge is 0.505 e. The van der Waals surface area contributed by atoms with E-state index in [1.165, 1.54) is 30.9 Å². The molecule has 8 nitrogen and oxygen atoms in total. The van der Waals surface area contributed by atoms with Gasteiger partial charge in [-0.3, -0.25) is 0 Å². The molecule has 1 aromatic carbocycles. The zero-order chi connectivity index (χ0) is 17.3. The van der Waals surface area contributed by atoms with E-state index in [0.29, 0.717) is 5.39 Å². The van der Waals surface area contributed by atoms with Crippen LogP contribution in [0.3, 0.4) is 0 Å². The number of methoxy groups -OCH3 is 3. The molecule has 122 valence electrons. The number of rotatable bonds is 3. The second-order valence-corrected chi connectivity index (χ2v) is 4.65. The summed E-state index contributed by atoms with van der Waals surface area (Å²) in [5.41, 5.74) is -0.148. The molecule has 0 fully saturated rings. The predicted molar refractivity (Wildman–Crippen MR) is 78.6 cm³/mol. The minimum absolute atomic E-state index is 0.149. The normalized spacial score (nSPS) is 10.4. The first-order chi connectivity index (χ1) is 10.9. The maximum atomic E-state index is 11.9. The van der Waals surface area contributed by atoms with E-state index in [2.05, 4.69) is 14.2 Å². The highest BCUT2D eigenvalue weighted by atomic mass is 16.5. The van der Waals surface area contributed by atoms with E-state index in [1.807, 2.05) is 0 Å². The average Bonchev–Trinajstić information content (AvgIpc) is 2.89. The highest BCUT2D eigenvalue weighted by Gasteiger charge is 2.28. The van der Waals surface area contributed by atoms with E-state index in [0.717, 1.165) is 14.2 Å². The second-order valence-electron chi connectivity index (χ2n) is 4.65. The molecule has 2 rings (SSSR count). The molecule has 1 N–H and O–H groups in total. The lowest BCUT2D eigenvalue weighted by molar-refractivity contribution is 0.0552. The summed E-state index contributed by atoms with van der Waals surface area (Å²) in [4.78, 5) is 35.6. The molecule has 8 heteroatoms.